The van der Waals surface area contributed by atoms with Crippen LogP contribution in [0.5, 0.6) is 0 Å². The molecule has 0 radical (unpaired) electrons. The van der Waals surface area contributed by atoms with Gasteiger partial charge in [-0.15, -0.1) is 0 Å². The molecule has 1 N–H and O–H groups in total. The van der Waals surface area contributed by atoms with Crippen LogP contribution in [0.15, 0.2) is 0 Å². The number of nitrogens with one attached hydrogen (secondary N) is 1. The average molecular weight is 281 g/mol. The van der Waals surface area contributed by atoms with Gasteiger partial charge in [0.25, 0.3) is 0 Å². The molecule has 0 spiro atoms. The predicted octanol–water partition coefficient (Wildman–Crippen LogP) is 2.55. The lowest BCUT2D eigenvalue weighted by molar-refractivity contribution is -0.128. The molecule has 0 aliphatic carbocycles. The van der Waals surface area contributed by atoms with Gasteiger partial charge in [-0.05, 0) is 60.0 Å². The van der Waals surface area contributed by atoms with E-state index in [-0.39, 0.29) is 11.1 Å². The summed E-state index contributed by atoms with van der Waals surface area (Å²) >= 11 is 0. The molecular weight excluding hydrogens is 250 g/mol. The van der Waals surface area contributed by atoms with Crippen LogP contribution in [0.1, 0.15) is 53.9 Å². The molecule has 1 heterocycles. The van der Waals surface area contributed by atoms with Crippen LogP contribution in [-0.2, 0) is 4.74 Å². The first-order chi connectivity index (χ1) is 9.30. The zero-order valence-corrected chi connectivity index (χ0v) is 13.8. The summed E-state index contributed by atoms with van der Waals surface area (Å²) < 4.78 is 5.92. The first-order valence-corrected chi connectivity index (χ1v) is 7.87. The van der Waals surface area contributed by atoms with E-state index in [1.165, 1.54) is 0 Å². The predicted molar refractivity (Wildman–Crippen MR) is 82.6 cm³/mol. The van der Waals surface area contributed by atoms with E-state index < -0.39 is 0 Å². The fourth-order valence-electron chi connectivity index (χ4n) is 3.00. The van der Waals surface area contributed by atoms with Crippen molar-refractivity contribution in [1.82, 2.24) is 10.2 Å². The molecule has 1 fully saturated rings. The van der Waals surface area contributed by atoms with Gasteiger partial charge in [-0.3, -0.25) is 10.2 Å². The summed E-state index contributed by atoms with van der Waals surface area (Å²) in [7, 11) is 0. The number of hydrogen-bond acceptors (Lipinski definition) is 4. The van der Waals surface area contributed by atoms with Crippen LogP contribution in [0.25, 0.3) is 0 Å². The Labute approximate surface area is 124 Å². The highest BCUT2D eigenvalue weighted by atomic mass is 16.5. The number of nitriles is 1. The van der Waals surface area contributed by atoms with Crippen molar-refractivity contribution in [1.29, 1.82) is 5.26 Å². The van der Waals surface area contributed by atoms with Crippen LogP contribution in [-0.4, -0.2) is 48.3 Å². The number of morpholine rings is 1. The standard InChI is InChI=1S/C16H31N3O/c1-6-9-18-16(5,12-17)8-7-10-19-11-14(2)20-15(3,4)13-19/h14,18H,6-11,13H2,1-5H3. The van der Waals surface area contributed by atoms with Crippen LogP contribution >= 0.6 is 0 Å². The SMILES string of the molecule is CCCNC(C)(C#N)CCCN1CC(C)OC(C)(C)C1. The molecule has 20 heavy (non-hydrogen) atoms. The van der Waals surface area contributed by atoms with Crippen molar-refractivity contribution in [2.45, 2.75) is 71.1 Å². The summed E-state index contributed by atoms with van der Waals surface area (Å²) in [6.45, 7) is 14.5. The molecule has 4 heteroatoms. The minimum absolute atomic E-state index is 0.0589. The summed E-state index contributed by atoms with van der Waals surface area (Å²) in [4.78, 5) is 2.46. The van der Waals surface area contributed by atoms with E-state index in [0.717, 1.165) is 45.4 Å². The van der Waals surface area contributed by atoms with Crippen molar-refractivity contribution in [3.63, 3.8) is 0 Å². The normalized spacial score (nSPS) is 25.9. The van der Waals surface area contributed by atoms with Crippen LogP contribution in [0.2, 0.25) is 0 Å². The van der Waals surface area contributed by atoms with Gasteiger partial charge in [-0.1, -0.05) is 6.92 Å². The number of hydrogen-bond donors (Lipinski definition) is 1. The lowest BCUT2D eigenvalue weighted by Gasteiger charge is -2.42. The maximum atomic E-state index is 9.33. The van der Waals surface area contributed by atoms with E-state index in [4.69, 9.17) is 4.74 Å². The molecule has 0 saturated carbocycles. The van der Waals surface area contributed by atoms with Crippen LogP contribution < -0.4 is 5.32 Å². The Morgan fingerprint density at radius 3 is 2.75 bits per heavy atom. The first-order valence-electron chi connectivity index (χ1n) is 7.87. The molecule has 2 atom stereocenters. The molecule has 4 nitrogen and oxygen atoms in total. The van der Waals surface area contributed by atoms with Crippen molar-refractivity contribution in [2.75, 3.05) is 26.2 Å². The molecule has 0 aromatic heterocycles. The van der Waals surface area contributed by atoms with Crippen LogP contribution in [0.3, 0.4) is 0 Å². The highest BCUT2D eigenvalue weighted by molar-refractivity contribution is 5.03. The highest BCUT2D eigenvalue weighted by Gasteiger charge is 2.31. The third-order valence-electron chi connectivity index (χ3n) is 3.80. The molecule has 0 bridgehead atoms. The van der Waals surface area contributed by atoms with E-state index in [9.17, 15) is 5.26 Å². The largest absolute Gasteiger partial charge is 0.370 e. The van der Waals surface area contributed by atoms with Gasteiger partial charge in [-0.2, -0.15) is 5.26 Å². The Morgan fingerprint density at radius 1 is 1.50 bits per heavy atom. The minimum Gasteiger partial charge on any atom is -0.370 e. The second-order valence-electron chi connectivity index (χ2n) is 6.90. The molecule has 2 unspecified atom stereocenters. The second kappa shape index (κ2) is 7.40. The maximum Gasteiger partial charge on any atom is 0.103 e. The maximum absolute atomic E-state index is 9.33. The monoisotopic (exact) mass is 281 g/mol. The van der Waals surface area contributed by atoms with E-state index in [0.29, 0.717) is 6.10 Å². The Hall–Kier alpha value is -0.630. The van der Waals surface area contributed by atoms with Crippen molar-refractivity contribution >= 4 is 0 Å². The topological polar surface area (TPSA) is 48.3 Å². The molecule has 1 aliphatic rings. The fraction of sp³-hybridized carbons (Fsp3) is 0.938. The number of rotatable bonds is 7. The molecule has 1 aliphatic heterocycles. The molecule has 0 amide bonds. The summed E-state index contributed by atoms with van der Waals surface area (Å²) in [5.41, 5.74) is -0.444. The molecule has 116 valence electrons. The minimum atomic E-state index is -0.385. The third kappa shape index (κ3) is 5.78. The van der Waals surface area contributed by atoms with Gasteiger partial charge in [0, 0.05) is 13.1 Å². The molecular formula is C16H31N3O. The van der Waals surface area contributed by atoms with Gasteiger partial charge < -0.3 is 4.74 Å². The van der Waals surface area contributed by atoms with Gasteiger partial charge >= 0.3 is 0 Å². The Kier molecular flexibility index (Phi) is 6.44. The lowest BCUT2D eigenvalue weighted by atomic mass is 9.96. The lowest BCUT2D eigenvalue weighted by Crippen LogP contribution is -2.52. The Morgan fingerprint density at radius 2 is 2.20 bits per heavy atom. The van der Waals surface area contributed by atoms with Gasteiger partial charge in [0.1, 0.15) is 5.54 Å². The molecule has 0 aromatic carbocycles. The molecule has 1 rings (SSSR count). The third-order valence-corrected chi connectivity index (χ3v) is 3.80. The second-order valence-corrected chi connectivity index (χ2v) is 6.90. The molecule has 1 saturated heterocycles. The van der Waals surface area contributed by atoms with E-state index in [2.05, 4.69) is 44.0 Å². The zero-order valence-electron chi connectivity index (χ0n) is 13.8. The Bertz CT molecular complexity index is 337. The summed E-state index contributed by atoms with van der Waals surface area (Å²) in [6.07, 6.45) is 3.30. The number of nitrogens with zero attached hydrogens (tertiary/aromatic N) is 2. The van der Waals surface area contributed by atoms with Crippen LogP contribution in [0.4, 0.5) is 0 Å². The number of ether oxygens (including phenoxy) is 1. The van der Waals surface area contributed by atoms with E-state index in [1.807, 2.05) is 6.92 Å². The van der Waals surface area contributed by atoms with Gasteiger partial charge in [0.05, 0.1) is 17.8 Å². The quantitative estimate of drug-likeness (QED) is 0.779. The summed E-state index contributed by atoms with van der Waals surface area (Å²) in [5.74, 6) is 0. The highest BCUT2D eigenvalue weighted by Crippen LogP contribution is 2.21. The summed E-state index contributed by atoms with van der Waals surface area (Å²) in [6, 6.07) is 2.42. The van der Waals surface area contributed by atoms with Gasteiger partial charge in [0.15, 0.2) is 0 Å². The Balaban J connectivity index is 2.37. The van der Waals surface area contributed by atoms with Gasteiger partial charge in [-0.25, -0.2) is 0 Å². The van der Waals surface area contributed by atoms with Crippen molar-refractivity contribution in [3.8, 4) is 6.07 Å². The molecule has 0 aromatic rings. The zero-order chi connectivity index (χ0) is 15.2. The first kappa shape index (κ1) is 17.4. The van der Waals surface area contributed by atoms with E-state index >= 15 is 0 Å². The smallest absolute Gasteiger partial charge is 0.103 e. The van der Waals surface area contributed by atoms with Crippen molar-refractivity contribution in [2.24, 2.45) is 0 Å². The van der Waals surface area contributed by atoms with E-state index in [1.54, 1.807) is 0 Å². The average Bonchev–Trinajstić information content (AvgIpc) is 2.34. The van der Waals surface area contributed by atoms with Crippen molar-refractivity contribution < 1.29 is 4.74 Å². The summed E-state index contributed by atoms with van der Waals surface area (Å²) in [5, 5.41) is 12.7. The van der Waals surface area contributed by atoms with Crippen LogP contribution in [0, 0.1) is 11.3 Å². The van der Waals surface area contributed by atoms with Crippen molar-refractivity contribution in [3.05, 3.63) is 0 Å². The fourth-order valence-corrected chi connectivity index (χ4v) is 3.00. The van der Waals surface area contributed by atoms with Gasteiger partial charge in [0.2, 0.25) is 0 Å².